The zero-order chi connectivity index (χ0) is 16.8. The number of hydrogen-bond acceptors (Lipinski definition) is 6. The molecule has 0 saturated heterocycles. The SMILES string of the molecule is CCCOC(=O)N(CC)P(C)(=S)Oc1ccc([N+](=O)[O-])cc1. The minimum atomic E-state index is -2.64. The van der Waals surface area contributed by atoms with E-state index in [1.165, 1.54) is 28.9 Å². The molecule has 0 aliphatic heterocycles. The van der Waals surface area contributed by atoms with E-state index in [1.807, 2.05) is 6.92 Å². The normalized spacial score (nSPS) is 13.0. The highest BCUT2D eigenvalue weighted by Crippen LogP contribution is 2.47. The fraction of sp³-hybridized carbons (Fsp3) is 0.462. The number of rotatable bonds is 7. The lowest BCUT2D eigenvalue weighted by molar-refractivity contribution is -0.384. The first-order valence-corrected chi connectivity index (χ1v) is 9.90. The minimum Gasteiger partial charge on any atom is -0.449 e. The third kappa shape index (κ3) is 4.96. The molecule has 0 radical (unpaired) electrons. The Kier molecular flexibility index (Phi) is 6.77. The van der Waals surface area contributed by atoms with Crippen LogP contribution >= 0.6 is 6.42 Å². The Morgan fingerprint density at radius 3 is 2.41 bits per heavy atom. The number of non-ortho nitro benzene ring substituents is 1. The molecule has 0 aliphatic carbocycles. The van der Waals surface area contributed by atoms with Gasteiger partial charge in [0.25, 0.3) is 5.69 Å². The molecule has 22 heavy (non-hydrogen) atoms. The van der Waals surface area contributed by atoms with E-state index in [0.717, 1.165) is 6.42 Å². The molecule has 0 spiro atoms. The Balaban J connectivity index is 2.85. The third-order valence-electron chi connectivity index (χ3n) is 2.70. The zero-order valence-electron chi connectivity index (χ0n) is 12.7. The summed E-state index contributed by atoms with van der Waals surface area (Å²) in [4.78, 5) is 22.1. The van der Waals surface area contributed by atoms with E-state index in [-0.39, 0.29) is 5.69 Å². The number of nitrogens with zero attached hydrogens (tertiary/aromatic N) is 2. The maximum absolute atomic E-state index is 12.0. The Morgan fingerprint density at radius 1 is 1.36 bits per heavy atom. The lowest BCUT2D eigenvalue weighted by Gasteiger charge is -2.30. The van der Waals surface area contributed by atoms with Crippen LogP contribution in [0.2, 0.25) is 0 Å². The van der Waals surface area contributed by atoms with Crippen LogP contribution in [-0.4, -0.2) is 35.5 Å². The standard InChI is InChI=1S/C13H19N2O5PS/c1-4-10-19-13(16)14(5-2)21(3,22)20-12-8-6-11(7-9-12)15(17)18/h6-9H,4-5,10H2,1-3H3. The number of ether oxygens (including phenoxy) is 1. The predicted molar refractivity (Wildman–Crippen MR) is 88.0 cm³/mol. The molecule has 0 aromatic heterocycles. The van der Waals surface area contributed by atoms with Crippen molar-refractivity contribution in [1.82, 2.24) is 4.67 Å². The topological polar surface area (TPSA) is 81.9 Å². The first kappa shape index (κ1) is 18.4. The summed E-state index contributed by atoms with van der Waals surface area (Å²) in [6.45, 7) is 6.04. The lowest BCUT2D eigenvalue weighted by atomic mass is 10.3. The van der Waals surface area contributed by atoms with Gasteiger partial charge in [0.1, 0.15) is 5.75 Å². The van der Waals surface area contributed by atoms with Gasteiger partial charge in [-0.3, -0.25) is 14.8 Å². The van der Waals surface area contributed by atoms with Gasteiger partial charge in [-0.05, 0) is 37.3 Å². The average Bonchev–Trinajstić information content (AvgIpc) is 2.45. The summed E-state index contributed by atoms with van der Waals surface area (Å²) in [5.41, 5.74) is -0.0357. The fourth-order valence-corrected chi connectivity index (χ4v) is 3.96. The van der Waals surface area contributed by atoms with Crippen molar-refractivity contribution in [1.29, 1.82) is 0 Å². The highest BCUT2D eigenvalue weighted by atomic mass is 32.4. The summed E-state index contributed by atoms with van der Waals surface area (Å²) in [5.74, 6) is 0.387. The van der Waals surface area contributed by atoms with Gasteiger partial charge >= 0.3 is 6.09 Å². The number of carbonyl (C=O) groups is 1. The molecule has 1 unspecified atom stereocenters. The van der Waals surface area contributed by atoms with Crippen LogP contribution in [0.1, 0.15) is 20.3 Å². The monoisotopic (exact) mass is 346 g/mol. The average molecular weight is 346 g/mol. The molecule has 0 N–H and O–H groups in total. The summed E-state index contributed by atoms with van der Waals surface area (Å²) >= 11 is 5.44. The highest BCUT2D eigenvalue weighted by molar-refractivity contribution is 8.11. The number of nitro groups is 1. The molecule has 0 aliphatic rings. The maximum Gasteiger partial charge on any atom is 0.416 e. The maximum atomic E-state index is 12.0. The lowest BCUT2D eigenvalue weighted by Crippen LogP contribution is -2.30. The molecule has 9 heteroatoms. The van der Waals surface area contributed by atoms with Crippen LogP contribution in [0.25, 0.3) is 0 Å². The Morgan fingerprint density at radius 2 is 1.95 bits per heavy atom. The van der Waals surface area contributed by atoms with E-state index < -0.39 is 17.4 Å². The van der Waals surface area contributed by atoms with Crippen LogP contribution in [0.3, 0.4) is 0 Å². The number of benzene rings is 1. The van der Waals surface area contributed by atoms with Gasteiger partial charge in [0.05, 0.1) is 11.5 Å². The second kappa shape index (κ2) is 8.10. The molecule has 122 valence electrons. The Hall–Kier alpha value is -1.66. The second-order valence-corrected chi connectivity index (χ2v) is 8.78. The predicted octanol–water partition coefficient (Wildman–Crippen LogP) is 3.78. The third-order valence-corrected chi connectivity index (χ3v) is 5.39. The molecule has 1 amide bonds. The quantitative estimate of drug-likeness (QED) is 0.424. The first-order valence-electron chi connectivity index (χ1n) is 6.78. The van der Waals surface area contributed by atoms with E-state index in [4.69, 9.17) is 21.1 Å². The first-order chi connectivity index (χ1) is 10.3. The van der Waals surface area contributed by atoms with Crippen LogP contribution in [-0.2, 0) is 16.5 Å². The highest BCUT2D eigenvalue weighted by Gasteiger charge is 2.28. The molecule has 0 saturated carbocycles. The number of carbonyl (C=O) groups excluding carboxylic acids is 1. The number of nitro benzene ring substituents is 1. The molecule has 1 atom stereocenters. The number of amides is 1. The van der Waals surface area contributed by atoms with Crippen molar-refractivity contribution in [2.24, 2.45) is 0 Å². The molecular weight excluding hydrogens is 327 g/mol. The van der Waals surface area contributed by atoms with Crippen LogP contribution in [0.5, 0.6) is 5.75 Å². The fourth-order valence-electron chi connectivity index (χ4n) is 1.67. The van der Waals surface area contributed by atoms with E-state index in [2.05, 4.69) is 0 Å². The van der Waals surface area contributed by atoms with Crippen LogP contribution < -0.4 is 4.52 Å². The van der Waals surface area contributed by atoms with Gasteiger partial charge in [-0.1, -0.05) is 6.92 Å². The van der Waals surface area contributed by atoms with Crippen molar-refractivity contribution in [3.05, 3.63) is 34.4 Å². The summed E-state index contributed by atoms with van der Waals surface area (Å²) in [7, 11) is 0. The van der Waals surface area contributed by atoms with Crippen molar-refractivity contribution in [3.63, 3.8) is 0 Å². The minimum absolute atomic E-state index is 0.0357. The van der Waals surface area contributed by atoms with Crippen LogP contribution in [0.4, 0.5) is 10.5 Å². The molecule has 1 aromatic carbocycles. The Bertz CT molecular complexity index is 578. The summed E-state index contributed by atoms with van der Waals surface area (Å²) < 4.78 is 12.2. The van der Waals surface area contributed by atoms with Gasteiger partial charge in [0, 0.05) is 25.3 Å². The molecule has 7 nitrogen and oxygen atoms in total. The second-order valence-electron chi connectivity index (χ2n) is 4.48. The van der Waals surface area contributed by atoms with E-state index in [0.29, 0.717) is 18.9 Å². The van der Waals surface area contributed by atoms with Crippen molar-refractivity contribution >= 4 is 30.0 Å². The van der Waals surface area contributed by atoms with Crippen molar-refractivity contribution in [2.75, 3.05) is 19.8 Å². The van der Waals surface area contributed by atoms with E-state index in [1.54, 1.807) is 13.6 Å². The van der Waals surface area contributed by atoms with Gasteiger partial charge in [-0.2, -0.15) is 0 Å². The van der Waals surface area contributed by atoms with Gasteiger partial charge < -0.3 is 9.26 Å². The van der Waals surface area contributed by atoms with Gasteiger partial charge in [-0.25, -0.2) is 4.79 Å². The van der Waals surface area contributed by atoms with Gasteiger partial charge in [0.15, 0.2) is 0 Å². The molecule has 0 heterocycles. The van der Waals surface area contributed by atoms with Crippen LogP contribution in [0.15, 0.2) is 24.3 Å². The van der Waals surface area contributed by atoms with Crippen LogP contribution in [0, 0.1) is 10.1 Å². The Labute approximate surface area is 134 Å². The van der Waals surface area contributed by atoms with Crippen molar-refractivity contribution in [2.45, 2.75) is 20.3 Å². The van der Waals surface area contributed by atoms with Gasteiger partial charge in [0.2, 0.25) is 6.42 Å². The largest absolute Gasteiger partial charge is 0.449 e. The van der Waals surface area contributed by atoms with Crippen molar-refractivity contribution < 1.29 is 19.0 Å². The van der Waals surface area contributed by atoms with E-state index >= 15 is 0 Å². The molecule has 0 fully saturated rings. The zero-order valence-corrected chi connectivity index (χ0v) is 14.4. The summed E-state index contributed by atoms with van der Waals surface area (Å²) in [6, 6.07) is 5.59. The molecule has 0 bridgehead atoms. The molecule has 1 aromatic rings. The molecule has 1 rings (SSSR count). The van der Waals surface area contributed by atoms with Crippen molar-refractivity contribution in [3.8, 4) is 5.75 Å². The summed E-state index contributed by atoms with van der Waals surface area (Å²) in [6.07, 6.45) is -2.42. The summed E-state index contributed by atoms with van der Waals surface area (Å²) in [5, 5.41) is 10.6. The number of hydrogen-bond donors (Lipinski definition) is 0. The van der Waals surface area contributed by atoms with E-state index in [9.17, 15) is 14.9 Å². The van der Waals surface area contributed by atoms with Gasteiger partial charge in [-0.15, -0.1) is 0 Å². The smallest absolute Gasteiger partial charge is 0.416 e. The molecular formula is C13H19N2O5PS.